The summed E-state index contributed by atoms with van der Waals surface area (Å²) < 4.78 is 31.6. The van der Waals surface area contributed by atoms with Crippen molar-refractivity contribution in [1.82, 2.24) is 4.90 Å². The average molecular weight is 772 g/mol. The summed E-state index contributed by atoms with van der Waals surface area (Å²) in [6.07, 6.45) is 20.7. The summed E-state index contributed by atoms with van der Waals surface area (Å²) in [5, 5.41) is 0. The topological polar surface area (TPSA) is 144 Å². The summed E-state index contributed by atoms with van der Waals surface area (Å²) in [6.45, 7) is 6.13. The molecule has 0 amide bonds. The average Bonchev–Trinajstić information content (AvgIpc) is 3.14. The zero-order valence-corrected chi connectivity index (χ0v) is 34.6. The van der Waals surface area contributed by atoms with Gasteiger partial charge in [0.2, 0.25) is 6.10 Å². The van der Waals surface area contributed by atoms with Crippen LogP contribution in [-0.4, -0.2) is 94.7 Å². The predicted octanol–water partition coefficient (Wildman–Crippen LogP) is 9.43. The molecule has 0 aliphatic heterocycles. The molecule has 0 radical (unpaired) electrons. The summed E-state index contributed by atoms with van der Waals surface area (Å²) in [4.78, 5) is 63.1. The van der Waals surface area contributed by atoms with Crippen LogP contribution in [0.5, 0.6) is 0 Å². The third-order valence-corrected chi connectivity index (χ3v) is 8.95. The lowest BCUT2D eigenvalue weighted by molar-refractivity contribution is -0.157. The number of hydrogen-bond acceptors (Lipinski definition) is 12. The van der Waals surface area contributed by atoms with Crippen molar-refractivity contribution < 1.29 is 52.4 Å². The van der Waals surface area contributed by atoms with E-state index in [2.05, 4.69) is 13.8 Å². The summed E-state index contributed by atoms with van der Waals surface area (Å²) in [5.41, 5.74) is 0. The van der Waals surface area contributed by atoms with Gasteiger partial charge >= 0.3 is 30.0 Å². The normalized spacial score (nSPS) is 11.6. The number of rotatable bonds is 38. The third kappa shape index (κ3) is 36.1. The van der Waals surface area contributed by atoms with Crippen molar-refractivity contribution in [2.75, 3.05) is 53.7 Å². The van der Waals surface area contributed by atoms with Crippen molar-refractivity contribution in [3.63, 3.8) is 0 Å². The maximum absolute atomic E-state index is 12.8. The van der Waals surface area contributed by atoms with Crippen LogP contribution in [0.1, 0.15) is 181 Å². The number of carbonyl (C=O) groups excluding carboxylic acids is 5. The van der Waals surface area contributed by atoms with Crippen LogP contribution >= 0.6 is 0 Å². The number of hydrogen-bond donors (Lipinski definition) is 0. The molecule has 0 saturated carbocycles. The van der Waals surface area contributed by atoms with Crippen LogP contribution in [0.4, 0.5) is 4.79 Å². The fourth-order valence-corrected chi connectivity index (χ4v) is 5.54. The van der Waals surface area contributed by atoms with Gasteiger partial charge in [-0.15, -0.1) is 0 Å². The lowest BCUT2D eigenvalue weighted by atomic mass is 10.1. The van der Waals surface area contributed by atoms with Crippen LogP contribution in [0.3, 0.4) is 0 Å². The quantitative estimate of drug-likeness (QED) is 0.0335. The minimum absolute atomic E-state index is 0.0884. The number of unbranched alkanes of at least 4 members (excludes halogenated alkanes) is 18. The number of likely N-dealkylation sites (N-methyl/N-ethyl adjacent to an activating group) is 1. The Bertz CT molecular complexity index is 943. The Balaban J connectivity index is 4.21. The van der Waals surface area contributed by atoms with Gasteiger partial charge in [-0.1, -0.05) is 90.9 Å². The van der Waals surface area contributed by atoms with Crippen LogP contribution in [0, 0.1) is 0 Å². The van der Waals surface area contributed by atoms with Crippen LogP contribution in [0.2, 0.25) is 0 Å². The van der Waals surface area contributed by atoms with Gasteiger partial charge in [-0.25, -0.2) is 9.59 Å². The Labute approximate surface area is 327 Å². The molecule has 12 heteroatoms. The lowest BCUT2D eigenvalue weighted by Crippen LogP contribution is -2.31. The molecule has 1 atom stereocenters. The zero-order chi connectivity index (χ0) is 39.9. The SMILES string of the molecule is CCCCCCCCCC(=O)OCCCCCCOC(=O)CCC(OC(=O)OCCN(C)C)C(=O)OCCCCCCOC(=O)CCCCCCCCC. The van der Waals surface area contributed by atoms with Crippen molar-refractivity contribution >= 4 is 30.0 Å². The first kappa shape index (κ1) is 51.1. The van der Waals surface area contributed by atoms with Gasteiger partial charge in [-0.2, -0.15) is 0 Å². The second-order valence-corrected chi connectivity index (χ2v) is 14.4. The second-order valence-electron chi connectivity index (χ2n) is 14.4. The summed E-state index contributed by atoms with van der Waals surface area (Å²) >= 11 is 0. The van der Waals surface area contributed by atoms with Gasteiger partial charge < -0.3 is 33.3 Å². The Morgan fingerprint density at radius 3 is 1.22 bits per heavy atom. The van der Waals surface area contributed by atoms with Crippen LogP contribution < -0.4 is 0 Å². The van der Waals surface area contributed by atoms with E-state index in [9.17, 15) is 24.0 Å². The van der Waals surface area contributed by atoms with Gasteiger partial charge in [0.1, 0.15) is 6.61 Å². The maximum atomic E-state index is 12.8. The number of esters is 4. The Morgan fingerprint density at radius 2 is 0.796 bits per heavy atom. The largest absolute Gasteiger partial charge is 0.509 e. The first-order valence-electron chi connectivity index (χ1n) is 21.3. The van der Waals surface area contributed by atoms with Gasteiger partial charge in [-0.05, 0) is 78.3 Å². The van der Waals surface area contributed by atoms with E-state index in [0.29, 0.717) is 45.4 Å². The minimum atomic E-state index is -1.30. The van der Waals surface area contributed by atoms with Crippen LogP contribution in [-0.2, 0) is 47.6 Å². The molecular weight excluding hydrogens is 694 g/mol. The molecule has 0 heterocycles. The minimum Gasteiger partial charge on any atom is -0.466 e. The van der Waals surface area contributed by atoms with Crippen molar-refractivity contribution in [3.8, 4) is 0 Å². The molecule has 0 aromatic heterocycles. The van der Waals surface area contributed by atoms with E-state index in [1.165, 1.54) is 64.2 Å². The molecule has 0 fully saturated rings. The highest BCUT2D eigenvalue weighted by atomic mass is 16.7. The van der Waals surface area contributed by atoms with E-state index >= 15 is 0 Å². The molecule has 316 valence electrons. The Morgan fingerprint density at radius 1 is 0.426 bits per heavy atom. The smallest absolute Gasteiger partial charge is 0.466 e. The molecular formula is C42H77NO11. The van der Waals surface area contributed by atoms with Gasteiger partial charge in [-0.3, -0.25) is 14.4 Å². The Kier molecular flexibility index (Phi) is 36.3. The van der Waals surface area contributed by atoms with E-state index in [0.717, 1.165) is 64.2 Å². The molecule has 0 spiro atoms. The fourth-order valence-electron chi connectivity index (χ4n) is 5.54. The van der Waals surface area contributed by atoms with Crippen molar-refractivity contribution in [3.05, 3.63) is 0 Å². The van der Waals surface area contributed by atoms with Gasteiger partial charge in [0.05, 0.1) is 26.4 Å². The summed E-state index contributed by atoms with van der Waals surface area (Å²) in [5.74, 6) is -1.52. The highest BCUT2D eigenvalue weighted by Crippen LogP contribution is 2.13. The van der Waals surface area contributed by atoms with E-state index < -0.39 is 24.2 Å². The summed E-state index contributed by atoms with van der Waals surface area (Å²) in [6, 6.07) is 0. The van der Waals surface area contributed by atoms with Crippen molar-refractivity contribution in [1.29, 1.82) is 0 Å². The highest BCUT2D eigenvalue weighted by molar-refractivity contribution is 5.78. The second kappa shape index (κ2) is 38.4. The van der Waals surface area contributed by atoms with Gasteiger partial charge in [0.15, 0.2) is 0 Å². The first-order valence-corrected chi connectivity index (χ1v) is 21.3. The van der Waals surface area contributed by atoms with E-state index in [1.807, 2.05) is 19.0 Å². The number of ether oxygens (including phenoxy) is 6. The molecule has 0 N–H and O–H groups in total. The van der Waals surface area contributed by atoms with E-state index in [1.54, 1.807) is 0 Å². The number of carbonyl (C=O) groups is 5. The third-order valence-electron chi connectivity index (χ3n) is 8.95. The fraction of sp³-hybridized carbons (Fsp3) is 0.881. The molecule has 0 aliphatic rings. The van der Waals surface area contributed by atoms with Crippen LogP contribution in [0.15, 0.2) is 0 Å². The first-order chi connectivity index (χ1) is 26.2. The molecule has 54 heavy (non-hydrogen) atoms. The predicted molar refractivity (Wildman–Crippen MR) is 210 cm³/mol. The summed E-state index contributed by atoms with van der Waals surface area (Å²) in [7, 11) is 3.67. The molecule has 0 aromatic rings. The standard InChI is InChI=1S/C42H77NO11/c1-5-7-9-11-13-15-21-27-38(44)49-32-23-17-18-25-34-51-40(46)30-29-37(54-42(48)53-36-31-43(3)4)41(47)52-35-26-20-19-24-33-50-39(45)28-22-16-14-12-10-8-6-2/h37H,5-36H2,1-4H3. The van der Waals surface area contributed by atoms with Crippen molar-refractivity contribution in [2.45, 2.75) is 187 Å². The Hall–Kier alpha value is -2.89. The molecule has 0 rings (SSSR count). The molecule has 0 aromatic carbocycles. The molecule has 0 bridgehead atoms. The van der Waals surface area contributed by atoms with Crippen LogP contribution in [0.25, 0.3) is 0 Å². The van der Waals surface area contributed by atoms with E-state index in [4.69, 9.17) is 28.4 Å². The van der Waals surface area contributed by atoms with E-state index in [-0.39, 0.29) is 44.6 Å². The molecule has 0 aliphatic carbocycles. The van der Waals surface area contributed by atoms with Crippen molar-refractivity contribution in [2.24, 2.45) is 0 Å². The van der Waals surface area contributed by atoms with Gasteiger partial charge in [0.25, 0.3) is 0 Å². The van der Waals surface area contributed by atoms with Gasteiger partial charge in [0, 0.05) is 32.2 Å². The lowest BCUT2D eigenvalue weighted by Gasteiger charge is -2.17. The number of nitrogens with zero attached hydrogens (tertiary/aromatic N) is 1. The highest BCUT2D eigenvalue weighted by Gasteiger charge is 2.26. The molecule has 12 nitrogen and oxygen atoms in total. The monoisotopic (exact) mass is 772 g/mol. The molecule has 1 unspecified atom stereocenters. The molecule has 0 saturated heterocycles. The maximum Gasteiger partial charge on any atom is 0.509 e. The zero-order valence-electron chi connectivity index (χ0n) is 34.6.